The maximum atomic E-state index is 5.69. The summed E-state index contributed by atoms with van der Waals surface area (Å²) in [6.45, 7) is 0.505. The first-order valence-electron chi connectivity index (χ1n) is 5.45. The summed E-state index contributed by atoms with van der Waals surface area (Å²) in [6.07, 6.45) is 2.02. The summed E-state index contributed by atoms with van der Waals surface area (Å²) >= 11 is 0. The Labute approximate surface area is 98.4 Å². The van der Waals surface area contributed by atoms with Crippen molar-refractivity contribution in [1.82, 2.24) is 14.0 Å². The quantitative estimate of drug-likeness (QED) is 0.721. The van der Waals surface area contributed by atoms with E-state index in [0.717, 1.165) is 28.3 Å². The number of ether oxygens (including phenoxy) is 1. The number of hydrogen-bond donors (Lipinski definition) is 1. The van der Waals surface area contributed by atoms with E-state index in [4.69, 9.17) is 10.5 Å². The van der Waals surface area contributed by atoms with E-state index >= 15 is 0 Å². The van der Waals surface area contributed by atoms with Crippen LogP contribution < -0.4 is 10.5 Å². The molecule has 2 heterocycles. The Bertz CT molecular complexity index is 695. The Morgan fingerprint density at radius 3 is 2.94 bits per heavy atom. The van der Waals surface area contributed by atoms with Crippen LogP contribution in [0.5, 0.6) is 5.75 Å². The van der Waals surface area contributed by atoms with E-state index in [9.17, 15) is 0 Å². The molecule has 0 aliphatic carbocycles. The van der Waals surface area contributed by atoms with Crippen LogP contribution in [0.15, 0.2) is 24.4 Å². The lowest BCUT2D eigenvalue weighted by Crippen LogP contribution is -2.02. The van der Waals surface area contributed by atoms with Crippen LogP contribution in [0.25, 0.3) is 16.8 Å². The van der Waals surface area contributed by atoms with Gasteiger partial charge in [-0.3, -0.25) is 4.40 Å². The SMILES string of the molecule is COc1ccc2nc3n(C)c(CN)cn3c2c1. The molecule has 5 heteroatoms. The van der Waals surface area contributed by atoms with Gasteiger partial charge in [0.15, 0.2) is 0 Å². The molecule has 1 aromatic carbocycles. The molecule has 2 aromatic heterocycles. The van der Waals surface area contributed by atoms with Gasteiger partial charge in [-0.25, -0.2) is 4.98 Å². The molecule has 0 fully saturated rings. The summed E-state index contributed by atoms with van der Waals surface area (Å²) in [5.41, 5.74) is 8.74. The van der Waals surface area contributed by atoms with Crippen molar-refractivity contribution in [3.05, 3.63) is 30.1 Å². The molecule has 0 spiro atoms. The number of imidazole rings is 2. The summed E-state index contributed by atoms with van der Waals surface area (Å²) < 4.78 is 9.28. The second-order valence-electron chi connectivity index (χ2n) is 4.02. The molecule has 0 bridgehead atoms. The van der Waals surface area contributed by atoms with Crippen LogP contribution in [-0.4, -0.2) is 21.1 Å². The number of aromatic nitrogens is 3. The van der Waals surface area contributed by atoms with Crippen molar-refractivity contribution in [3.8, 4) is 5.75 Å². The van der Waals surface area contributed by atoms with Gasteiger partial charge in [0, 0.05) is 25.9 Å². The van der Waals surface area contributed by atoms with E-state index in [1.807, 2.05) is 40.4 Å². The van der Waals surface area contributed by atoms with Crippen LogP contribution in [0, 0.1) is 0 Å². The highest BCUT2D eigenvalue weighted by atomic mass is 16.5. The number of nitrogens with two attached hydrogens (primary N) is 1. The molecule has 3 rings (SSSR count). The standard InChI is InChI=1S/C12H14N4O/c1-15-8(6-13)7-16-11-5-9(17-2)3-4-10(11)14-12(15)16/h3-5,7H,6,13H2,1-2H3. The van der Waals surface area contributed by atoms with E-state index < -0.39 is 0 Å². The first kappa shape index (κ1) is 10.2. The number of benzene rings is 1. The van der Waals surface area contributed by atoms with Crippen LogP contribution in [-0.2, 0) is 13.6 Å². The Morgan fingerprint density at radius 2 is 2.24 bits per heavy atom. The minimum Gasteiger partial charge on any atom is -0.497 e. The van der Waals surface area contributed by atoms with Crippen molar-refractivity contribution < 1.29 is 4.74 Å². The van der Waals surface area contributed by atoms with Crippen LogP contribution >= 0.6 is 0 Å². The molecular formula is C12H14N4O. The molecule has 0 radical (unpaired) electrons. The summed E-state index contributed by atoms with van der Waals surface area (Å²) in [5, 5.41) is 0. The fraction of sp³-hybridized carbons (Fsp3) is 0.250. The lowest BCUT2D eigenvalue weighted by atomic mass is 10.3. The molecule has 0 aliphatic rings. The van der Waals surface area contributed by atoms with Crippen LogP contribution in [0.3, 0.4) is 0 Å². The molecular weight excluding hydrogens is 216 g/mol. The Kier molecular flexibility index (Phi) is 2.09. The molecule has 0 aliphatic heterocycles. The lowest BCUT2D eigenvalue weighted by molar-refractivity contribution is 0.415. The highest BCUT2D eigenvalue weighted by Crippen LogP contribution is 2.23. The molecule has 0 saturated carbocycles. The Balaban J connectivity index is 2.39. The Morgan fingerprint density at radius 1 is 1.41 bits per heavy atom. The molecule has 5 nitrogen and oxygen atoms in total. The fourth-order valence-corrected chi connectivity index (χ4v) is 2.10. The number of rotatable bonds is 2. The Hall–Kier alpha value is -2.01. The zero-order valence-electron chi connectivity index (χ0n) is 9.84. The first-order chi connectivity index (χ1) is 8.24. The summed E-state index contributed by atoms with van der Waals surface area (Å²) in [5.74, 6) is 1.73. The van der Waals surface area contributed by atoms with Gasteiger partial charge in [0.05, 0.1) is 23.8 Å². The first-order valence-corrected chi connectivity index (χ1v) is 5.45. The fourth-order valence-electron chi connectivity index (χ4n) is 2.10. The molecule has 0 saturated heterocycles. The van der Waals surface area contributed by atoms with Crippen LogP contribution in [0.2, 0.25) is 0 Å². The van der Waals surface area contributed by atoms with Crippen LogP contribution in [0.4, 0.5) is 0 Å². The molecule has 17 heavy (non-hydrogen) atoms. The summed E-state index contributed by atoms with van der Waals surface area (Å²) in [7, 11) is 3.64. The second-order valence-corrected chi connectivity index (χ2v) is 4.02. The van der Waals surface area contributed by atoms with Gasteiger partial charge in [0.2, 0.25) is 5.78 Å². The van der Waals surface area contributed by atoms with Gasteiger partial charge in [0.1, 0.15) is 5.75 Å². The normalized spacial score (nSPS) is 11.5. The van der Waals surface area contributed by atoms with E-state index in [0.29, 0.717) is 6.54 Å². The van der Waals surface area contributed by atoms with Gasteiger partial charge < -0.3 is 15.0 Å². The predicted octanol–water partition coefficient (Wildman–Crippen LogP) is 1.29. The topological polar surface area (TPSA) is 57.5 Å². The van der Waals surface area contributed by atoms with E-state index in [1.165, 1.54) is 0 Å². The van der Waals surface area contributed by atoms with Crippen molar-refractivity contribution in [2.24, 2.45) is 12.8 Å². The van der Waals surface area contributed by atoms with Gasteiger partial charge in [-0.05, 0) is 12.1 Å². The van der Waals surface area contributed by atoms with Gasteiger partial charge >= 0.3 is 0 Å². The third-order valence-electron chi connectivity index (χ3n) is 3.10. The average Bonchev–Trinajstić information content (AvgIpc) is 2.86. The molecule has 2 N–H and O–H groups in total. The highest BCUT2D eigenvalue weighted by molar-refractivity contribution is 5.81. The smallest absolute Gasteiger partial charge is 0.214 e. The number of aryl methyl sites for hydroxylation is 1. The molecule has 88 valence electrons. The summed E-state index contributed by atoms with van der Waals surface area (Å²) in [4.78, 5) is 4.57. The van der Waals surface area contributed by atoms with E-state index in [1.54, 1.807) is 7.11 Å². The summed E-state index contributed by atoms with van der Waals surface area (Å²) in [6, 6.07) is 5.86. The van der Waals surface area contributed by atoms with Crippen molar-refractivity contribution in [2.75, 3.05) is 7.11 Å². The van der Waals surface area contributed by atoms with Gasteiger partial charge in [-0.15, -0.1) is 0 Å². The number of hydrogen-bond acceptors (Lipinski definition) is 3. The third kappa shape index (κ3) is 1.32. The molecule has 3 aromatic rings. The zero-order chi connectivity index (χ0) is 12.0. The number of nitrogens with zero attached hydrogens (tertiary/aromatic N) is 3. The highest BCUT2D eigenvalue weighted by Gasteiger charge is 2.11. The predicted molar refractivity (Wildman–Crippen MR) is 66.1 cm³/mol. The van der Waals surface area contributed by atoms with Gasteiger partial charge in [-0.1, -0.05) is 0 Å². The van der Waals surface area contributed by atoms with Crippen molar-refractivity contribution in [2.45, 2.75) is 6.54 Å². The van der Waals surface area contributed by atoms with E-state index in [-0.39, 0.29) is 0 Å². The van der Waals surface area contributed by atoms with Crippen LogP contribution in [0.1, 0.15) is 5.69 Å². The monoisotopic (exact) mass is 230 g/mol. The molecule has 0 amide bonds. The van der Waals surface area contributed by atoms with Crippen molar-refractivity contribution >= 4 is 16.8 Å². The third-order valence-corrected chi connectivity index (χ3v) is 3.10. The van der Waals surface area contributed by atoms with E-state index in [2.05, 4.69) is 4.98 Å². The average molecular weight is 230 g/mol. The molecule has 0 atom stereocenters. The number of methoxy groups -OCH3 is 1. The second kappa shape index (κ2) is 3.49. The van der Waals surface area contributed by atoms with Gasteiger partial charge in [0.25, 0.3) is 0 Å². The maximum absolute atomic E-state index is 5.69. The largest absolute Gasteiger partial charge is 0.497 e. The zero-order valence-corrected chi connectivity index (χ0v) is 9.84. The lowest BCUT2D eigenvalue weighted by Gasteiger charge is -1.98. The molecule has 0 unspecified atom stereocenters. The minimum atomic E-state index is 0.505. The van der Waals surface area contributed by atoms with Crippen molar-refractivity contribution in [3.63, 3.8) is 0 Å². The maximum Gasteiger partial charge on any atom is 0.214 e. The number of fused-ring (bicyclic) bond motifs is 3. The van der Waals surface area contributed by atoms with Crippen molar-refractivity contribution in [1.29, 1.82) is 0 Å². The van der Waals surface area contributed by atoms with Gasteiger partial charge in [-0.2, -0.15) is 0 Å². The minimum absolute atomic E-state index is 0.505.